The third kappa shape index (κ3) is 1.66. The molecule has 12 heavy (non-hydrogen) atoms. The highest BCUT2D eigenvalue weighted by Crippen LogP contribution is 2.26. The second-order valence-electron chi connectivity index (χ2n) is 2.22. The maximum Gasteiger partial charge on any atom is 0.168 e. The monoisotopic (exact) mass is 162 g/mol. The highest BCUT2D eigenvalue weighted by Gasteiger charge is 1.99. The molecule has 0 saturated heterocycles. The lowest BCUT2D eigenvalue weighted by atomic mass is 10.2. The zero-order chi connectivity index (χ0) is 8.97. The molecule has 0 aromatic heterocycles. The van der Waals surface area contributed by atoms with Crippen molar-refractivity contribution in [2.75, 3.05) is 0 Å². The number of phenols is 1. The van der Waals surface area contributed by atoms with E-state index in [9.17, 15) is 5.11 Å². The highest BCUT2D eigenvalue weighted by molar-refractivity contribution is 5.53. The van der Waals surface area contributed by atoms with Gasteiger partial charge in [0.2, 0.25) is 0 Å². The van der Waals surface area contributed by atoms with Gasteiger partial charge < -0.3 is 9.84 Å². The van der Waals surface area contributed by atoms with Gasteiger partial charge in [0.25, 0.3) is 0 Å². The van der Waals surface area contributed by atoms with Crippen molar-refractivity contribution in [2.24, 2.45) is 0 Å². The smallest absolute Gasteiger partial charge is 0.168 e. The van der Waals surface area contributed by atoms with Gasteiger partial charge in [0, 0.05) is 0 Å². The third-order valence-electron chi connectivity index (χ3n) is 1.43. The fourth-order valence-corrected chi connectivity index (χ4v) is 0.851. The van der Waals surface area contributed by atoms with Crippen molar-refractivity contribution in [3.8, 4) is 11.5 Å². The molecule has 0 aliphatic carbocycles. The molecule has 1 rings (SSSR count). The van der Waals surface area contributed by atoms with E-state index in [2.05, 4.69) is 13.2 Å². The summed E-state index contributed by atoms with van der Waals surface area (Å²) in [5.74, 6) is 0.489. The SMILES string of the molecule is C=COc1ccc(C=C)cc1O. The predicted molar refractivity (Wildman–Crippen MR) is 49.0 cm³/mol. The molecule has 62 valence electrons. The van der Waals surface area contributed by atoms with E-state index < -0.39 is 0 Å². The Balaban J connectivity index is 3.02. The van der Waals surface area contributed by atoms with Gasteiger partial charge in [-0.05, 0) is 17.7 Å². The molecule has 2 heteroatoms. The zero-order valence-corrected chi connectivity index (χ0v) is 6.66. The van der Waals surface area contributed by atoms with Gasteiger partial charge in [-0.2, -0.15) is 0 Å². The van der Waals surface area contributed by atoms with E-state index in [1.807, 2.05) is 0 Å². The zero-order valence-electron chi connectivity index (χ0n) is 6.66. The molecular weight excluding hydrogens is 152 g/mol. The van der Waals surface area contributed by atoms with Crippen molar-refractivity contribution in [3.63, 3.8) is 0 Å². The summed E-state index contributed by atoms with van der Waals surface area (Å²) in [7, 11) is 0. The van der Waals surface area contributed by atoms with E-state index in [0.29, 0.717) is 5.75 Å². The van der Waals surface area contributed by atoms with Crippen LogP contribution < -0.4 is 4.74 Å². The van der Waals surface area contributed by atoms with E-state index in [4.69, 9.17) is 4.74 Å². The number of aromatic hydroxyl groups is 1. The Kier molecular flexibility index (Phi) is 2.53. The summed E-state index contributed by atoms with van der Waals surface area (Å²) in [5.41, 5.74) is 0.851. The number of hydrogen-bond donors (Lipinski definition) is 1. The molecule has 1 aromatic carbocycles. The Morgan fingerprint density at radius 2 is 2.08 bits per heavy atom. The van der Waals surface area contributed by atoms with Gasteiger partial charge in [-0.1, -0.05) is 25.3 Å². The molecule has 2 nitrogen and oxygen atoms in total. The Labute approximate surface area is 71.4 Å². The van der Waals surface area contributed by atoms with Crippen molar-refractivity contribution in [3.05, 3.63) is 43.2 Å². The van der Waals surface area contributed by atoms with Crippen LogP contribution in [0, 0.1) is 0 Å². The average molecular weight is 162 g/mol. The van der Waals surface area contributed by atoms with Crippen LogP contribution in [0.3, 0.4) is 0 Å². The minimum Gasteiger partial charge on any atom is -0.504 e. The van der Waals surface area contributed by atoms with E-state index >= 15 is 0 Å². The van der Waals surface area contributed by atoms with E-state index in [1.54, 1.807) is 24.3 Å². The van der Waals surface area contributed by atoms with E-state index in [1.165, 1.54) is 6.26 Å². The highest BCUT2D eigenvalue weighted by atomic mass is 16.5. The molecule has 0 saturated carbocycles. The van der Waals surface area contributed by atoms with Crippen LogP contribution in [0.4, 0.5) is 0 Å². The molecule has 0 unspecified atom stereocenters. The van der Waals surface area contributed by atoms with Crippen LogP contribution >= 0.6 is 0 Å². The van der Waals surface area contributed by atoms with Gasteiger partial charge in [0.15, 0.2) is 11.5 Å². The largest absolute Gasteiger partial charge is 0.504 e. The summed E-state index contributed by atoms with van der Waals surface area (Å²) in [6.45, 7) is 6.96. The van der Waals surface area contributed by atoms with Gasteiger partial charge in [-0.3, -0.25) is 0 Å². The Hall–Kier alpha value is -1.70. The van der Waals surface area contributed by atoms with Crippen molar-refractivity contribution in [2.45, 2.75) is 0 Å². The molecule has 0 spiro atoms. The van der Waals surface area contributed by atoms with Gasteiger partial charge >= 0.3 is 0 Å². The Bertz CT molecular complexity index is 303. The predicted octanol–water partition coefficient (Wildman–Crippen LogP) is 2.56. The van der Waals surface area contributed by atoms with Crippen molar-refractivity contribution < 1.29 is 9.84 Å². The van der Waals surface area contributed by atoms with Gasteiger partial charge in [-0.15, -0.1) is 0 Å². The fourth-order valence-electron chi connectivity index (χ4n) is 0.851. The van der Waals surface area contributed by atoms with Gasteiger partial charge in [-0.25, -0.2) is 0 Å². The van der Waals surface area contributed by atoms with Crippen molar-refractivity contribution in [1.82, 2.24) is 0 Å². The minimum absolute atomic E-state index is 0.0901. The number of rotatable bonds is 3. The molecule has 0 heterocycles. The molecule has 0 atom stereocenters. The lowest BCUT2D eigenvalue weighted by molar-refractivity contribution is 0.411. The molecule has 0 bridgehead atoms. The third-order valence-corrected chi connectivity index (χ3v) is 1.43. The molecule has 0 radical (unpaired) electrons. The molecule has 0 fully saturated rings. The topological polar surface area (TPSA) is 29.5 Å². The first kappa shape index (κ1) is 8.40. The van der Waals surface area contributed by atoms with Crippen LogP contribution in [0.15, 0.2) is 37.6 Å². The van der Waals surface area contributed by atoms with Gasteiger partial charge in [0.1, 0.15) is 0 Å². The van der Waals surface area contributed by atoms with Crippen molar-refractivity contribution in [1.29, 1.82) is 0 Å². The summed E-state index contributed by atoms with van der Waals surface area (Å²) in [5, 5.41) is 9.33. The number of ether oxygens (including phenoxy) is 1. The summed E-state index contributed by atoms with van der Waals surface area (Å²) in [6, 6.07) is 5.03. The first-order valence-electron chi connectivity index (χ1n) is 3.51. The normalized spacial score (nSPS) is 9.00. The van der Waals surface area contributed by atoms with Crippen LogP contribution in [-0.2, 0) is 0 Å². The maximum atomic E-state index is 9.33. The lowest BCUT2D eigenvalue weighted by Crippen LogP contribution is -1.82. The van der Waals surface area contributed by atoms with E-state index in [0.717, 1.165) is 5.56 Å². The quantitative estimate of drug-likeness (QED) is 0.692. The van der Waals surface area contributed by atoms with Crippen LogP contribution in [0.1, 0.15) is 5.56 Å². The van der Waals surface area contributed by atoms with Crippen molar-refractivity contribution >= 4 is 6.08 Å². The second kappa shape index (κ2) is 3.62. The Morgan fingerprint density at radius 3 is 2.58 bits per heavy atom. The Morgan fingerprint density at radius 1 is 1.33 bits per heavy atom. The summed E-state index contributed by atoms with van der Waals surface area (Å²) >= 11 is 0. The molecular formula is C10H10O2. The molecule has 0 aliphatic rings. The summed E-state index contributed by atoms with van der Waals surface area (Å²) in [4.78, 5) is 0. The van der Waals surface area contributed by atoms with Crippen LogP contribution in [0.5, 0.6) is 11.5 Å². The summed E-state index contributed by atoms with van der Waals surface area (Å²) < 4.78 is 4.92. The number of benzene rings is 1. The van der Waals surface area contributed by atoms with Crippen LogP contribution in [0.2, 0.25) is 0 Å². The summed E-state index contributed by atoms with van der Waals surface area (Å²) in [6.07, 6.45) is 2.92. The number of hydrogen-bond acceptors (Lipinski definition) is 2. The van der Waals surface area contributed by atoms with Crippen LogP contribution in [-0.4, -0.2) is 5.11 Å². The fraction of sp³-hybridized carbons (Fsp3) is 0. The molecule has 1 N–H and O–H groups in total. The minimum atomic E-state index is 0.0901. The molecule has 0 aliphatic heterocycles. The maximum absolute atomic E-state index is 9.33. The lowest BCUT2D eigenvalue weighted by Gasteiger charge is -2.02. The van der Waals surface area contributed by atoms with E-state index in [-0.39, 0.29) is 5.75 Å². The first-order chi connectivity index (χ1) is 5.77. The molecule has 1 aromatic rings. The second-order valence-corrected chi connectivity index (χ2v) is 2.22. The average Bonchev–Trinajstić information content (AvgIpc) is 2.09. The number of phenolic OH excluding ortho intramolecular Hbond substituents is 1. The van der Waals surface area contributed by atoms with Gasteiger partial charge in [0.05, 0.1) is 6.26 Å². The standard InChI is InChI=1S/C10H10O2/c1-3-8-5-6-10(12-4-2)9(11)7-8/h3-7,11H,1-2H2. The first-order valence-corrected chi connectivity index (χ1v) is 3.51. The van der Waals surface area contributed by atoms with Crippen LogP contribution in [0.25, 0.3) is 6.08 Å². The molecule has 0 amide bonds.